The summed E-state index contributed by atoms with van der Waals surface area (Å²) in [6.45, 7) is 6.50. The minimum Gasteiger partial charge on any atom is -0.272 e. The zero-order chi connectivity index (χ0) is 10.7. The van der Waals surface area contributed by atoms with Crippen LogP contribution in [0.15, 0.2) is 11.8 Å². The average Bonchev–Trinajstić information content (AvgIpc) is 2.44. The molecule has 0 fully saturated rings. The second kappa shape index (κ2) is 4.78. The van der Waals surface area contributed by atoms with Crippen molar-refractivity contribution in [2.75, 3.05) is 5.33 Å². The fraction of sp³-hybridized carbons (Fsp3) is 0.545. The molecule has 0 spiro atoms. The van der Waals surface area contributed by atoms with Crippen LogP contribution in [0.4, 0.5) is 0 Å². The summed E-state index contributed by atoms with van der Waals surface area (Å²) in [5, 5.41) is 5.15. The Morgan fingerprint density at radius 1 is 1.64 bits per heavy atom. The van der Waals surface area contributed by atoms with Crippen molar-refractivity contribution in [3.05, 3.63) is 23.0 Å². The third kappa shape index (κ3) is 2.47. The van der Waals surface area contributed by atoms with Crippen LogP contribution < -0.4 is 0 Å². The molecule has 3 heteroatoms. The molecule has 0 N–H and O–H groups in total. The Labute approximate surface area is 94.1 Å². The first-order chi connectivity index (χ1) is 6.56. The second-order valence-electron chi connectivity index (χ2n) is 3.82. The van der Waals surface area contributed by atoms with Gasteiger partial charge in [0, 0.05) is 23.6 Å². The quantitative estimate of drug-likeness (QED) is 0.760. The molecule has 0 saturated carbocycles. The van der Waals surface area contributed by atoms with Gasteiger partial charge in [0.25, 0.3) is 0 Å². The van der Waals surface area contributed by atoms with E-state index in [0.717, 1.165) is 5.33 Å². The summed E-state index contributed by atoms with van der Waals surface area (Å²) in [5.74, 6) is 0.578. The van der Waals surface area contributed by atoms with Gasteiger partial charge in [-0.05, 0) is 12.8 Å². The smallest absolute Gasteiger partial charge is 0.0564 e. The van der Waals surface area contributed by atoms with Gasteiger partial charge in [-0.25, -0.2) is 0 Å². The summed E-state index contributed by atoms with van der Waals surface area (Å²) >= 11 is 3.51. The average molecular weight is 257 g/mol. The van der Waals surface area contributed by atoms with Gasteiger partial charge in [0.05, 0.1) is 6.20 Å². The highest BCUT2D eigenvalue weighted by molar-refractivity contribution is 9.09. The zero-order valence-corrected chi connectivity index (χ0v) is 10.8. The largest absolute Gasteiger partial charge is 0.272 e. The van der Waals surface area contributed by atoms with E-state index in [2.05, 4.69) is 47.9 Å². The molecule has 0 aromatic carbocycles. The Bertz CT molecular complexity index is 337. The van der Waals surface area contributed by atoms with Crippen LogP contribution in [-0.2, 0) is 7.05 Å². The second-order valence-corrected chi connectivity index (χ2v) is 4.38. The molecular formula is C11H17BrN2. The van der Waals surface area contributed by atoms with Crippen molar-refractivity contribution in [1.82, 2.24) is 9.78 Å². The summed E-state index contributed by atoms with van der Waals surface area (Å²) in [6.07, 6.45) is 4.14. The highest BCUT2D eigenvalue weighted by Gasteiger charge is 2.05. The van der Waals surface area contributed by atoms with Crippen molar-refractivity contribution in [3.8, 4) is 0 Å². The van der Waals surface area contributed by atoms with Gasteiger partial charge in [-0.15, -0.1) is 0 Å². The standard InChI is InChI=1S/C11H17BrN2/c1-8(2)10(6-12)5-11-7-13-14(4)9(11)3/h5,7-8H,6H2,1-4H3. The molecule has 0 radical (unpaired) electrons. The maximum atomic E-state index is 4.22. The van der Waals surface area contributed by atoms with Crippen LogP contribution in [0.2, 0.25) is 0 Å². The first-order valence-corrected chi connectivity index (χ1v) is 5.93. The molecule has 1 aromatic heterocycles. The van der Waals surface area contributed by atoms with Crippen LogP contribution in [0.5, 0.6) is 0 Å². The van der Waals surface area contributed by atoms with E-state index in [1.165, 1.54) is 16.8 Å². The Morgan fingerprint density at radius 3 is 2.64 bits per heavy atom. The van der Waals surface area contributed by atoms with E-state index in [4.69, 9.17) is 0 Å². The normalized spacial score (nSPS) is 12.6. The van der Waals surface area contributed by atoms with Crippen LogP contribution >= 0.6 is 15.9 Å². The van der Waals surface area contributed by atoms with Crippen molar-refractivity contribution in [2.45, 2.75) is 20.8 Å². The lowest BCUT2D eigenvalue weighted by molar-refractivity contribution is 0.739. The van der Waals surface area contributed by atoms with Gasteiger partial charge >= 0.3 is 0 Å². The molecule has 1 rings (SSSR count). The highest BCUT2D eigenvalue weighted by atomic mass is 79.9. The molecule has 1 aromatic rings. The Balaban J connectivity index is 3.00. The number of alkyl halides is 1. The van der Waals surface area contributed by atoms with Gasteiger partial charge in [-0.3, -0.25) is 4.68 Å². The molecule has 0 unspecified atom stereocenters. The lowest BCUT2D eigenvalue weighted by atomic mass is 10.0. The number of aromatic nitrogens is 2. The number of hydrogen-bond acceptors (Lipinski definition) is 1. The molecule has 1 heterocycles. The minimum absolute atomic E-state index is 0.578. The van der Waals surface area contributed by atoms with E-state index in [9.17, 15) is 0 Å². The summed E-state index contributed by atoms with van der Waals surface area (Å²) in [5.41, 5.74) is 3.83. The predicted octanol–water partition coefficient (Wildman–Crippen LogP) is 3.16. The third-order valence-electron chi connectivity index (χ3n) is 2.51. The number of aryl methyl sites for hydroxylation is 1. The lowest BCUT2D eigenvalue weighted by Gasteiger charge is -2.07. The Morgan fingerprint density at radius 2 is 2.29 bits per heavy atom. The summed E-state index contributed by atoms with van der Waals surface area (Å²) < 4.78 is 1.90. The molecule has 0 aliphatic heterocycles. The molecule has 0 saturated heterocycles. The summed E-state index contributed by atoms with van der Waals surface area (Å²) in [7, 11) is 1.97. The molecule has 0 atom stereocenters. The minimum atomic E-state index is 0.578. The Kier molecular flexibility index (Phi) is 3.93. The maximum Gasteiger partial charge on any atom is 0.0564 e. The predicted molar refractivity (Wildman–Crippen MR) is 64.6 cm³/mol. The van der Waals surface area contributed by atoms with Crippen molar-refractivity contribution in [2.24, 2.45) is 13.0 Å². The van der Waals surface area contributed by atoms with E-state index in [1.54, 1.807) is 0 Å². The first-order valence-electron chi connectivity index (χ1n) is 4.81. The van der Waals surface area contributed by atoms with Gasteiger partial charge in [-0.1, -0.05) is 41.4 Å². The monoisotopic (exact) mass is 256 g/mol. The van der Waals surface area contributed by atoms with E-state index in [1.807, 2.05) is 17.9 Å². The Hall–Kier alpha value is -0.570. The van der Waals surface area contributed by atoms with Gasteiger partial charge in [0.1, 0.15) is 0 Å². The van der Waals surface area contributed by atoms with Crippen molar-refractivity contribution in [3.63, 3.8) is 0 Å². The maximum absolute atomic E-state index is 4.22. The zero-order valence-electron chi connectivity index (χ0n) is 9.21. The van der Waals surface area contributed by atoms with Gasteiger partial charge in [0.15, 0.2) is 0 Å². The van der Waals surface area contributed by atoms with Crippen molar-refractivity contribution >= 4 is 22.0 Å². The van der Waals surface area contributed by atoms with Crippen LogP contribution in [-0.4, -0.2) is 15.1 Å². The van der Waals surface area contributed by atoms with Crippen LogP contribution in [0.3, 0.4) is 0 Å². The third-order valence-corrected chi connectivity index (χ3v) is 3.16. The summed E-state index contributed by atoms with van der Waals surface area (Å²) in [6, 6.07) is 0. The number of halogens is 1. The molecule has 0 aliphatic carbocycles. The van der Waals surface area contributed by atoms with E-state index in [0.29, 0.717) is 5.92 Å². The number of nitrogens with zero attached hydrogens (tertiary/aromatic N) is 2. The molecule has 78 valence electrons. The fourth-order valence-electron chi connectivity index (χ4n) is 1.22. The molecule has 14 heavy (non-hydrogen) atoms. The van der Waals surface area contributed by atoms with Gasteiger partial charge in [-0.2, -0.15) is 5.10 Å². The van der Waals surface area contributed by atoms with E-state index >= 15 is 0 Å². The topological polar surface area (TPSA) is 17.8 Å². The first kappa shape index (κ1) is 11.5. The number of hydrogen-bond donors (Lipinski definition) is 0. The van der Waals surface area contributed by atoms with Gasteiger partial charge in [0.2, 0.25) is 0 Å². The van der Waals surface area contributed by atoms with E-state index in [-0.39, 0.29) is 0 Å². The molecule has 2 nitrogen and oxygen atoms in total. The van der Waals surface area contributed by atoms with Gasteiger partial charge < -0.3 is 0 Å². The molecule has 0 amide bonds. The van der Waals surface area contributed by atoms with Crippen LogP contribution in [0, 0.1) is 12.8 Å². The van der Waals surface area contributed by atoms with Crippen LogP contribution in [0.1, 0.15) is 25.1 Å². The molecule has 0 aliphatic rings. The number of allylic oxidation sites excluding steroid dienone is 1. The fourth-order valence-corrected chi connectivity index (χ4v) is 2.03. The lowest BCUT2D eigenvalue weighted by Crippen LogP contribution is -1.96. The number of rotatable bonds is 3. The van der Waals surface area contributed by atoms with Crippen molar-refractivity contribution in [1.29, 1.82) is 0 Å². The molecular weight excluding hydrogens is 240 g/mol. The van der Waals surface area contributed by atoms with Crippen LogP contribution in [0.25, 0.3) is 6.08 Å². The highest BCUT2D eigenvalue weighted by Crippen LogP contribution is 2.18. The van der Waals surface area contributed by atoms with E-state index < -0.39 is 0 Å². The molecule has 0 bridgehead atoms. The summed E-state index contributed by atoms with van der Waals surface area (Å²) in [4.78, 5) is 0. The SMILES string of the molecule is Cc1c(C=C(CBr)C(C)C)cnn1C. The van der Waals surface area contributed by atoms with Crippen molar-refractivity contribution < 1.29 is 0 Å².